The van der Waals surface area contributed by atoms with E-state index in [1.54, 1.807) is 31.2 Å². The lowest BCUT2D eigenvalue weighted by molar-refractivity contribution is -0.133. The van der Waals surface area contributed by atoms with Crippen LogP contribution in [0.3, 0.4) is 0 Å². The number of hydrogen-bond acceptors (Lipinski definition) is 5. The lowest BCUT2D eigenvalue weighted by Crippen LogP contribution is -2.13. The predicted octanol–water partition coefficient (Wildman–Crippen LogP) is 4.48. The smallest absolute Gasteiger partial charge is 0.313 e. The number of fused-ring (bicyclic) bond motifs is 1. The van der Waals surface area contributed by atoms with Crippen molar-refractivity contribution in [3.05, 3.63) is 59.1 Å². The van der Waals surface area contributed by atoms with E-state index >= 15 is 0 Å². The Kier molecular flexibility index (Phi) is 5.74. The molecule has 0 fully saturated rings. The number of aromatic hydroxyl groups is 1. The number of carboxylic acid groups (broad SMARTS) is 1. The van der Waals surface area contributed by atoms with Crippen LogP contribution in [0, 0.1) is 6.92 Å². The molecular formula is C19H16ClNO5S2. The number of benzene rings is 3. The van der Waals surface area contributed by atoms with Gasteiger partial charge >= 0.3 is 5.97 Å². The topological polar surface area (TPSA) is 104 Å². The molecule has 0 aliphatic heterocycles. The highest BCUT2D eigenvalue weighted by Gasteiger charge is 2.19. The van der Waals surface area contributed by atoms with Crippen molar-refractivity contribution < 1.29 is 23.4 Å². The fraction of sp³-hybridized carbons (Fsp3) is 0.105. The summed E-state index contributed by atoms with van der Waals surface area (Å²) >= 11 is 6.88. The molecule has 0 amide bonds. The van der Waals surface area contributed by atoms with E-state index in [2.05, 4.69) is 4.72 Å². The Hall–Kier alpha value is -2.42. The van der Waals surface area contributed by atoms with Gasteiger partial charge < -0.3 is 10.2 Å². The molecule has 9 heteroatoms. The number of nitrogens with one attached hydrogen (secondary N) is 1. The van der Waals surface area contributed by atoms with Crippen LogP contribution < -0.4 is 4.72 Å². The first-order valence-corrected chi connectivity index (χ1v) is 10.9. The van der Waals surface area contributed by atoms with Crippen LogP contribution in [0.5, 0.6) is 5.75 Å². The molecule has 0 saturated heterocycles. The summed E-state index contributed by atoms with van der Waals surface area (Å²) in [5.41, 5.74) is 0.867. The van der Waals surface area contributed by atoms with E-state index < -0.39 is 16.0 Å². The number of rotatable bonds is 6. The number of halogens is 1. The Balaban J connectivity index is 2.09. The fourth-order valence-corrected chi connectivity index (χ4v) is 4.66. The van der Waals surface area contributed by atoms with Crippen molar-refractivity contribution in [1.29, 1.82) is 0 Å². The lowest BCUT2D eigenvalue weighted by atomic mass is 10.1. The molecule has 6 nitrogen and oxygen atoms in total. The summed E-state index contributed by atoms with van der Waals surface area (Å²) in [6, 6.07) is 12.5. The van der Waals surface area contributed by atoms with Gasteiger partial charge in [0, 0.05) is 15.8 Å². The fourth-order valence-electron chi connectivity index (χ4n) is 2.66. The first-order chi connectivity index (χ1) is 13.2. The van der Waals surface area contributed by atoms with Gasteiger partial charge in [-0.05, 0) is 36.8 Å². The zero-order valence-corrected chi connectivity index (χ0v) is 17.0. The third kappa shape index (κ3) is 4.19. The van der Waals surface area contributed by atoms with Gasteiger partial charge in [0.25, 0.3) is 10.0 Å². The molecular weight excluding hydrogens is 422 g/mol. The molecule has 28 heavy (non-hydrogen) atoms. The highest BCUT2D eigenvalue weighted by molar-refractivity contribution is 8.00. The molecule has 0 heterocycles. The van der Waals surface area contributed by atoms with Gasteiger partial charge in [0.2, 0.25) is 0 Å². The van der Waals surface area contributed by atoms with Crippen molar-refractivity contribution >= 4 is 55.8 Å². The van der Waals surface area contributed by atoms with Gasteiger partial charge in [-0.1, -0.05) is 35.9 Å². The molecule has 3 aromatic carbocycles. The SMILES string of the molecule is Cc1cc(S(=O)(=O)Nc2cc(SCC(=O)O)c(O)c3ccccc23)ccc1Cl. The molecule has 0 aromatic heterocycles. The molecule has 0 aliphatic rings. The maximum absolute atomic E-state index is 12.9. The van der Waals surface area contributed by atoms with E-state index in [0.29, 0.717) is 21.4 Å². The zero-order valence-electron chi connectivity index (χ0n) is 14.6. The number of anilines is 1. The third-order valence-electron chi connectivity index (χ3n) is 4.02. The van der Waals surface area contributed by atoms with E-state index in [-0.39, 0.29) is 27.0 Å². The average Bonchev–Trinajstić information content (AvgIpc) is 2.65. The number of sulfonamides is 1. The molecule has 0 saturated carbocycles. The van der Waals surface area contributed by atoms with Gasteiger partial charge in [-0.3, -0.25) is 9.52 Å². The highest BCUT2D eigenvalue weighted by atomic mass is 35.5. The van der Waals surface area contributed by atoms with Crippen molar-refractivity contribution in [1.82, 2.24) is 0 Å². The van der Waals surface area contributed by atoms with Gasteiger partial charge in [-0.25, -0.2) is 8.42 Å². The quantitative estimate of drug-likeness (QED) is 0.388. The molecule has 0 spiro atoms. The number of carbonyl (C=O) groups is 1. The van der Waals surface area contributed by atoms with E-state index in [9.17, 15) is 18.3 Å². The second-order valence-corrected chi connectivity index (χ2v) is 9.12. The van der Waals surface area contributed by atoms with Crippen LogP contribution in [0.25, 0.3) is 10.8 Å². The Bertz CT molecular complexity index is 1180. The Morgan fingerprint density at radius 2 is 1.82 bits per heavy atom. The maximum atomic E-state index is 12.9. The number of aliphatic carboxylic acids is 1. The minimum absolute atomic E-state index is 0.0475. The van der Waals surface area contributed by atoms with Gasteiger partial charge in [0.05, 0.1) is 21.2 Å². The van der Waals surface area contributed by atoms with Crippen LogP contribution in [0.15, 0.2) is 58.3 Å². The molecule has 0 bridgehead atoms. The number of thioether (sulfide) groups is 1. The minimum Gasteiger partial charge on any atom is -0.506 e. The van der Waals surface area contributed by atoms with E-state index in [0.717, 1.165) is 11.8 Å². The molecule has 146 valence electrons. The molecule has 0 aliphatic carbocycles. The molecule has 0 unspecified atom stereocenters. The molecule has 3 N–H and O–H groups in total. The Morgan fingerprint density at radius 3 is 2.46 bits per heavy atom. The monoisotopic (exact) mass is 437 g/mol. The average molecular weight is 438 g/mol. The zero-order chi connectivity index (χ0) is 20.5. The molecule has 3 aromatic rings. The standard InChI is InChI=1S/C19H16ClNO5S2/c1-11-8-12(6-7-15(11)20)28(25,26)21-16-9-17(27-10-18(22)23)19(24)14-5-3-2-4-13(14)16/h2-9,21,24H,10H2,1H3,(H,22,23). The number of phenolic OH excluding ortho intramolecular Hbond substituents is 1. The molecule has 0 atom stereocenters. The van der Waals surface area contributed by atoms with Crippen LogP contribution in [0.2, 0.25) is 5.02 Å². The number of carboxylic acids is 1. The van der Waals surface area contributed by atoms with Gasteiger partial charge in [0.1, 0.15) is 5.75 Å². The molecule has 0 radical (unpaired) electrons. The number of phenols is 1. The van der Waals surface area contributed by atoms with E-state index in [4.69, 9.17) is 16.7 Å². The van der Waals surface area contributed by atoms with Crippen LogP contribution in [-0.2, 0) is 14.8 Å². The second kappa shape index (κ2) is 7.90. The normalized spacial score (nSPS) is 11.5. The number of aryl methyl sites for hydroxylation is 1. The molecule has 3 rings (SSSR count). The van der Waals surface area contributed by atoms with Crippen LogP contribution in [-0.4, -0.2) is 30.4 Å². The van der Waals surface area contributed by atoms with Crippen molar-refractivity contribution in [2.75, 3.05) is 10.5 Å². The lowest BCUT2D eigenvalue weighted by Gasteiger charge is -2.15. The Labute approximate surface area is 171 Å². The summed E-state index contributed by atoms with van der Waals surface area (Å²) in [5, 5.41) is 20.7. The summed E-state index contributed by atoms with van der Waals surface area (Å²) in [6.45, 7) is 1.71. The first kappa shape index (κ1) is 20.3. The summed E-state index contributed by atoms with van der Waals surface area (Å²) in [7, 11) is -3.92. The predicted molar refractivity (Wildman–Crippen MR) is 111 cm³/mol. The first-order valence-electron chi connectivity index (χ1n) is 8.07. The van der Waals surface area contributed by atoms with Crippen molar-refractivity contribution in [3.63, 3.8) is 0 Å². The van der Waals surface area contributed by atoms with Crippen molar-refractivity contribution in [3.8, 4) is 5.75 Å². The van der Waals surface area contributed by atoms with Crippen LogP contribution >= 0.6 is 23.4 Å². The van der Waals surface area contributed by atoms with Crippen LogP contribution in [0.1, 0.15) is 5.56 Å². The van der Waals surface area contributed by atoms with Gasteiger partial charge in [0.15, 0.2) is 0 Å². The summed E-state index contributed by atoms with van der Waals surface area (Å²) in [4.78, 5) is 11.2. The van der Waals surface area contributed by atoms with E-state index in [1.807, 2.05) is 0 Å². The summed E-state index contributed by atoms with van der Waals surface area (Å²) < 4.78 is 28.2. The van der Waals surface area contributed by atoms with Crippen LogP contribution in [0.4, 0.5) is 5.69 Å². The van der Waals surface area contributed by atoms with Crippen molar-refractivity contribution in [2.45, 2.75) is 16.7 Å². The summed E-state index contributed by atoms with van der Waals surface area (Å²) in [6.07, 6.45) is 0. The largest absolute Gasteiger partial charge is 0.506 e. The summed E-state index contributed by atoms with van der Waals surface area (Å²) in [5.74, 6) is -1.41. The van der Waals surface area contributed by atoms with Gasteiger partial charge in [-0.2, -0.15) is 0 Å². The third-order valence-corrected chi connectivity index (χ3v) is 6.82. The van der Waals surface area contributed by atoms with E-state index in [1.165, 1.54) is 24.3 Å². The van der Waals surface area contributed by atoms with Crippen molar-refractivity contribution in [2.24, 2.45) is 0 Å². The highest BCUT2D eigenvalue weighted by Crippen LogP contribution is 2.40. The Morgan fingerprint density at radius 1 is 1.14 bits per heavy atom. The van der Waals surface area contributed by atoms with Gasteiger partial charge in [-0.15, -0.1) is 11.8 Å². The maximum Gasteiger partial charge on any atom is 0.313 e. The second-order valence-electron chi connectivity index (χ2n) is 6.02. The minimum atomic E-state index is -3.92. The number of hydrogen-bond donors (Lipinski definition) is 3.